The van der Waals surface area contributed by atoms with E-state index in [0.717, 1.165) is 5.56 Å². The van der Waals surface area contributed by atoms with Crippen molar-refractivity contribution < 1.29 is 17.9 Å². The lowest BCUT2D eigenvalue weighted by Crippen LogP contribution is -2.44. The van der Waals surface area contributed by atoms with E-state index in [1.165, 1.54) is 12.1 Å². The Morgan fingerprint density at radius 2 is 1.89 bits per heavy atom. The number of halogens is 3. The Bertz CT molecular complexity index is 498. The standard InChI is InChI=1S/C12H14F3N3O/c1-11(7-17-10(16)18(11)2)8-3-5-9(6-4-8)19-12(13,14)15/h3-6H,7H2,1-2H3,(H2,16,17). The summed E-state index contributed by atoms with van der Waals surface area (Å²) in [6.45, 7) is 2.39. The second-order valence-corrected chi connectivity index (χ2v) is 4.58. The molecule has 1 aliphatic heterocycles. The predicted molar refractivity (Wildman–Crippen MR) is 64.7 cm³/mol. The monoisotopic (exact) mass is 273 g/mol. The zero-order chi connectivity index (χ0) is 14.3. The minimum atomic E-state index is -4.68. The summed E-state index contributed by atoms with van der Waals surface area (Å²) in [7, 11) is 1.80. The van der Waals surface area contributed by atoms with E-state index in [4.69, 9.17) is 5.73 Å². The molecule has 7 heteroatoms. The van der Waals surface area contributed by atoms with Crippen LogP contribution >= 0.6 is 0 Å². The molecule has 0 aliphatic carbocycles. The Balaban J connectivity index is 2.20. The third kappa shape index (κ3) is 2.59. The molecule has 4 nitrogen and oxygen atoms in total. The number of aliphatic imine (C=N–C) groups is 1. The number of hydrogen-bond donors (Lipinski definition) is 1. The van der Waals surface area contributed by atoms with Gasteiger partial charge >= 0.3 is 6.36 Å². The van der Waals surface area contributed by atoms with Gasteiger partial charge in [-0.2, -0.15) is 0 Å². The first-order chi connectivity index (χ1) is 8.72. The molecule has 0 radical (unpaired) electrons. The Hall–Kier alpha value is -1.92. The highest BCUT2D eigenvalue weighted by Gasteiger charge is 2.37. The summed E-state index contributed by atoms with van der Waals surface area (Å²) in [4.78, 5) is 5.94. The summed E-state index contributed by atoms with van der Waals surface area (Å²) in [5.41, 5.74) is 6.09. The van der Waals surface area contributed by atoms with Gasteiger partial charge in [-0.15, -0.1) is 13.2 Å². The van der Waals surface area contributed by atoms with Gasteiger partial charge in [0.2, 0.25) is 0 Å². The highest BCUT2D eigenvalue weighted by atomic mass is 19.4. The second-order valence-electron chi connectivity index (χ2n) is 4.58. The van der Waals surface area contributed by atoms with E-state index in [1.54, 1.807) is 24.1 Å². The maximum absolute atomic E-state index is 12.1. The molecule has 2 rings (SSSR count). The van der Waals surface area contributed by atoms with Crippen molar-refractivity contribution in [2.75, 3.05) is 13.6 Å². The maximum Gasteiger partial charge on any atom is 0.573 e. The van der Waals surface area contributed by atoms with E-state index in [9.17, 15) is 13.2 Å². The number of ether oxygens (including phenoxy) is 1. The molecule has 1 aromatic rings. The predicted octanol–water partition coefficient (Wildman–Crippen LogP) is 2.06. The van der Waals surface area contributed by atoms with Crippen LogP contribution in [0.15, 0.2) is 29.3 Å². The number of nitrogens with two attached hydrogens (primary N) is 1. The zero-order valence-electron chi connectivity index (χ0n) is 10.5. The summed E-state index contributed by atoms with van der Waals surface area (Å²) >= 11 is 0. The number of guanidine groups is 1. The quantitative estimate of drug-likeness (QED) is 0.897. The van der Waals surface area contributed by atoms with E-state index in [1.807, 2.05) is 6.92 Å². The molecule has 0 spiro atoms. The Kier molecular flexibility index (Phi) is 3.07. The van der Waals surface area contributed by atoms with Crippen LogP contribution in [-0.2, 0) is 5.54 Å². The van der Waals surface area contributed by atoms with Crippen LogP contribution in [0.1, 0.15) is 12.5 Å². The van der Waals surface area contributed by atoms with Crippen molar-refractivity contribution in [1.82, 2.24) is 4.90 Å². The molecule has 1 heterocycles. The Morgan fingerprint density at radius 3 is 2.32 bits per heavy atom. The fourth-order valence-corrected chi connectivity index (χ4v) is 2.00. The normalized spacial score (nSPS) is 23.4. The molecule has 0 saturated heterocycles. The van der Waals surface area contributed by atoms with E-state index in [2.05, 4.69) is 9.73 Å². The van der Waals surface area contributed by atoms with Gasteiger partial charge in [0.05, 0.1) is 12.1 Å². The summed E-state index contributed by atoms with van der Waals surface area (Å²) in [6, 6.07) is 5.75. The van der Waals surface area contributed by atoms with Crippen LogP contribution < -0.4 is 10.5 Å². The number of nitrogens with zero attached hydrogens (tertiary/aromatic N) is 2. The first kappa shape index (κ1) is 13.5. The largest absolute Gasteiger partial charge is 0.573 e. The molecule has 2 N–H and O–H groups in total. The first-order valence-corrected chi connectivity index (χ1v) is 5.62. The lowest BCUT2D eigenvalue weighted by atomic mass is 9.91. The molecule has 1 atom stereocenters. The molecule has 104 valence electrons. The van der Waals surface area contributed by atoms with Crippen molar-refractivity contribution in [3.63, 3.8) is 0 Å². The van der Waals surface area contributed by atoms with Gasteiger partial charge in [0, 0.05) is 7.05 Å². The van der Waals surface area contributed by atoms with Crippen LogP contribution in [0.25, 0.3) is 0 Å². The Morgan fingerprint density at radius 1 is 1.32 bits per heavy atom. The number of benzene rings is 1. The highest BCUT2D eigenvalue weighted by Crippen LogP contribution is 2.33. The van der Waals surface area contributed by atoms with Gasteiger partial charge in [-0.05, 0) is 24.6 Å². The molecule has 1 aromatic carbocycles. The van der Waals surface area contributed by atoms with E-state index < -0.39 is 11.9 Å². The van der Waals surface area contributed by atoms with Gasteiger partial charge in [-0.25, -0.2) is 0 Å². The fourth-order valence-electron chi connectivity index (χ4n) is 2.00. The van der Waals surface area contributed by atoms with Crippen LogP contribution in [0.5, 0.6) is 5.75 Å². The molecule has 1 aliphatic rings. The smallest absolute Gasteiger partial charge is 0.406 e. The van der Waals surface area contributed by atoms with Crippen LogP contribution in [0.3, 0.4) is 0 Å². The second kappa shape index (κ2) is 4.32. The van der Waals surface area contributed by atoms with Gasteiger partial charge in [0.15, 0.2) is 5.96 Å². The molecule has 1 unspecified atom stereocenters. The molecule has 19 heavy (non-hydrogen) atoms. The zero-order valence-corrected chi connectivity index (χ0v) is 10.5. The van der Waals surface area contributed by atoms with E-state index in [-0.39, 0.29) is 5.75 Å². The highest BCUT2D eigenvalue weighted by molar-refractivity contribution is 5.81. The van der Waals surface area contributed by atoms with Crippen molar-refractivity contribution in [3.05, 3.63) is 29.8 Å². The summed E-state index contributed by atoms with van der Waals surface area (Å²) in [5.74, 6) is 0.174. The van der Waals surface area contributed by atoms with Crippen molar-refractivity contribution in [3.8, 4) is 5.75 Å². The molecular weight excluding hydrogens is 259 g/mol. The van der Waals surface area contributed by atoms with Gasteiger partial charge in [-0.1, -0.05) is 12.1 Å². The maximum atomic E-state index is 12.1. The topological polar surface area (TPSA) is 50.8 Å². The fraction of sp³-hybridized carbons (Fsp3) is 0.417. The first-order valence-electron chi connectivity index (χ1n) is 5.62. The van der Waals surface area contributed by atoms with Crippen molar-refractivity contribution >= 4 is 5.96 Å². The van der Waals surface area contributed by atoms with Crippen LogP contribution in [0.2, 0.25) is 0 Å². The van der Waals surface area contributed by atoms with Crippen molar-refractivity contribution in [2.45, 2.75) is 18.8 Å². The average molecular weight is 273 g/mol. The van der Waals surface area contributed by atoms with E-state index in [0.29, 0.717) is 12.5 Å². The van der Waals surface area contributed by atoms with Gasteiger partial charge in [-0.3, -0.25) is 4.99 Å². The van der Waals surface area contributed by atoms with Gasteiger partial charge < -0.3 is 15.4 Å². The number of hydrogen-bond acceptors (Lipinski definition) is 4. The van der Waals surface area contributed by atoms with Crippen LogP contribution in [0.4, 0.5) is 13.2 Å². The molecule has 0 aromatic heterocycles. The molecule has 0 bridgehead atoms. The lowest BCUT2D eigenvalue weighted by Gasteiger charge is -2.33. The number of rotatable bonds is 2. The van der Waals surface area contributed by atoms with Crippen molar-refractivity contribution in [2.24, 2.45) is 10.7 Å². The summed E-state index contributed by atoms with van der Waals surface area (Å²) in [5, 5.41) is 0. The molecule has 0 fully saturated rings. The summed E-state index contributed by atoms with van der Waals surface area (Å²) < 4.78 is 40.0. The Labute approximate surface area is 108 Å². The summed E-state index contributed by atoms with van der Waals surface area (Å²) in [6.07, 6.45) is -4.68. The van der Waals surface area contributed by atoms with Gasteiger partial charge in [0.1, 0.15) is 5.75 Å². The van der Waals surface area contributed by atoms with Crippen LogP contribution in [-0.4, -0.2) is 30.8 Å². The third-order valence-corrected chi connectivity index (χ3v) is 3.34. The molecule has 0 saturated carbocycles. The van der Waals surface area contributed by atoms with Crippen molar-refractivity contribution in [1.29, 1.82) is 0 Å². The lowest BCUT2D eigenvalue weighted by molar-refractivity contribution is -0.274. The van der Waals surface area contributed by atoms with Gasteiger partial charge in [0.25, 0.3) is 0 Å². The third-order valence-electron chi connectivity index (χ3n) is 3.34. The average Bonchev–Trinajstić information content (AvgIpc) is 2.57. The van der Waals surface area contributed by atoms with Crippen LogP contribution in [0, 0.1) is 0 Å². The molecule has 0 amide bonds. The SMILES string of the molecule is CN1C(N)=NCC1(C)c1ccc(OC(F)(F)F)cc1. The minimum absolute atomic E-state index is 0.241. The molecular formula is C12H14F3N3O. The number of likely N-dealkylation sites (N-methyl/N-ethyl adjacent to an activating group) is 1. The van der Waals surface area contributed by atoms with E-state index >= 15 is 0 Å². The minimum Gasteiger partial charge on any atom is -0.406 e. The number of alkyl halides is 3.